The minimum atomic E-state index is -0.241. The van der Waals surface area contributed by atoms with Gasteiger partial charge in [0.1, 0.15) is 11.9 Å². The Morgan fingerprint density at radius 2 is 2.10 bits per heavy atom. The first kappa shape index (κ1) is 20.9. The van der Waals surface area contributed by atoms with Gasteiger partial charge in [0.05, 0.1) is 30.8 Å². The average Bonchev–Trinajstić information content (AvgIpc) is 3.32. The van der Waals surface area contributed by atoms with Crippen molar-refractivity contribution < 1.29 is 9.53 Å². The van der Waals surface area contributed by atoms with Crippen LogP contribution in [0.25, 0.3) is 0 Å². The number of anilines is 3. The summed E-state index contributed by atoms with van der Waals surface area (Å²) >= 11 is 0. The Morgan fingerprint density at radius 3 is 2.81 bits per heavy atom. The predicted octanol–water partition coefficient (Wildman–Crippen LogP) is 0.955. The summed E-state index contributed by atoms with van der Waals surface area (Å²) in [7, 11) is 0. The molecule has 4 rings (SSSR count). The molecule has 2 aromatic heterocycles. The molecule has 2 aliphatic rings. The lowest BCUT2D eigenvalue weighted by molar-refractivity contribution is 0.0372. The summed E-state index contributed by atoms with van der Waals surface area (Å²) < 4.78 is 5.73. The molecule has 0 aromatic carbocycles. The lowest BCUT2D eigenvalue weighted by Gasteiger charge is -2.24. The summed E-state index contributed by atoms with van der Waals surface area (Å²) in [6.45, 7) is 2.75. The fourth-order valence-corrected chi connectivity index (χ4v) is 3.64. The molecule has 2 fully saturated rings. The molecule has 1 unspecified atom stereocenters. The fourth-order valence-electron chi connectivity index (χ4n) is 3.64. The Kier molecular flexibility index (Phi) is 6.81. The van der Waals surface area contributed by atoms with Gasteiger partial charge in [-0.15, -0.1) is 10.2 Å². The molecule has 31 heavy (non-hydrogen) atoms. The minimum absolute atomic E-state index is 0.00606. The topological polar surface area (TPSA) is 150 Å². The molecule has 1 aliphatic heterocycles. The summed E-state index contributed by atoms with van der Waals surface area (Å²) in [5.74, 6) is 0.582. The molecule has 11 heteroatoms. The zero-order chi connectivity index (χ0) is 21.5. The van der Waals surface area contributed by atoms with Crippen LogP contribution < -0.4 is 21.3 Å². The van der Waals surface area contributed by atoms with E-state index in [-0.39, 0.29) is 29.4 Å². The molecule has 0 radical (unpaired) electrons. The number of nitrogens with one attached hydrogen (secondary N) is 4. The van der Waals surface area contributed by atoms with Crippen LogP contribution in [0.1, 0.15) is 41.9 Å². The Balaban J connectivity index is 1.50. The van der Waals surface area contributed by atoms with Gasteiger partial charge in [-0.3, -0.25) is 4.79 Å². The van der Waals surface area contributed by atoms with Crippen LogP contribution in [0, 0.1) is 11.3 Å². The van der Waals surface area contributed by atoms with Crippen molar-refractivity contribution in [3.05, 3.63) is 29.8 Å². The molecular weight excluding hydrogens is 398 g/mol. The number of rotatable bonds is 7. The maximum Gasteiger partial charge on any atom is 0.274 e. The van der Waals surface area contributed by atoms with Crippen molar-refractivity contribution in [2.75, 3.05) is 36.9 Å². The van der Waals surface area contributed by atoms with E-state index < -0.39 is 0 Å². The predicted molar refractivity (Wildman–Crippen MR) is 113 cm³/mol. The second-order valence-electron chi connectivity index (χ2n) is 7.55. The number of aromatic nitrogens is 4. The van der Waals surface area contributed by atoms with E-state index in [0.717, 1.165) is 38.8 Å². The van der Waals surface area contributed by atoms with E-state index in [9.17, 15) is 4.79 Å². The van der Waals surface area contributed by atoms with Gasteiger partial charge in [-0.05, 0) is 12.8 Å². The quantitative estimate of drug-likeness (QED) is 0.507. The molecule has 0 bridgehead atoms. The van der Waals surface area contributed by atoms with Gasteiger partial charge in [0.15, 0.2) is 17.2 Å². The second kappa shape index (κ2) is 10.1. The van der Waals surface area contributed by atoms with Crippen molar-refractivity contribution in [1.82, 2.24) is 30.8 Å². The van der Waals surface area contributed by atoms with E-state index >= 15 is 0 Å². The SMILES string of the molecule is N#Cc1cnc(Nc2cc(NCC3CNCCO3)c(C(=O)NC3CCCC3)nn2)cn1. The highest BCUT2D eigenvalue weighted by atomic mass is 16.5. The van der Waals surface area contributed by atoms with Gasteiger partial charge in [0.25, 0.3) is 5.91 Å². The lowest BCUT2D eigenvalue weighted by Crippen LogP contribution is -2.42. The van der Waals surface area contributed by atoms with Gasteiger partial charge in [0, 0.05) is 31.7 Å². The molecule has 2 aromatic rings. The molecule has 0 spiro atoms. The number of nitriles is 1. The lowest BCUT2D eigenvalue weighted by atomic mass is 10.2. The number of hydrogen-bond acceptors (Lipinski definition) is 10. The normalized spacial score (nSPS) is 18.9. The Bertz CT molecular complexity index is 933. The van der Waals surface area contributed by atoms with Crippen LogP contribution >= 0.6 is 0 Å². The van der Waals surface area contributed by atoms with Crippen LogP contribution in [-0.4, -0.2) is 64.5 Å². The molecular formula is C20H25N9O2. The minimum Gasteiger partial charge on any atom is -0.380 e. The molecule has 1 amide bonds. The summed E-state index contributed by atoms with van der Waals surface area (Å²) in [4.78, 5) is 20.9. The molecule has 1 saturated carbocycles. The summed E-state index contributed by atoms with van der Waals surface area (Å²) in [6.07, 6.45) is 7.03. The molecule has 11 nitrogen and oxygen atoms in total. The van der Waals surface area contributed by atoms with Crippen LogP contribution in [0.5, 0.6) is 0 Å². The van der Waals surface area contributed by atoms with E-state index in [2.05, 4.69) is 41.4 Å². The van der Waals surface area contributed by atoms with Crippen molar-refractivity contribution in [1.29, 1.82) is 5.26 Å². The van der Waals surface area contributed by atoms with Crippen molar-refractivity contribution >= 4 is 23.2 Å². The number of morpholine rings is 1. The van der Waals surface area contributed by atoms with Crippen LogP contribution in [-0.2, 0) is 4.74 Å². The highest BCUT2D eigenvalue weighted by Crippen LogP contribution is 2.22. The second-order valence-corrected chi connectivity index (χ2v) is 7.55. The van der Waals surface area contributed by atoms with Crippen LogP contribution in [0.4, 0.5) is 17.3 Å². The average molecular weight is 423 g/mol. The van der Waals surface area contributed by atoms with Crippen molar-refractivity contribution in [3.8, 4) is 6.07 Å². The third kappa shape index (κ3) is 5.62. The number of hydrogen-bond donors (Lipinski definition) is 4. The zero-order valence-electron chi connectivity index (χ0n) is 17.1. The fraction of sp³-hybridized carbons (Fsp3) is 0.500. The largest absolute Gasteiger partial charge is 0.380 e. The van der Waals surface area contributed by atoms with E-state index in [1.165, 1.54) is 12.4 Å². The first-order chi connectivity index (χ1) is 15.2. The Morgan fingerprint density at radius 1 is 1.23 bits per heavy atom. The third-order valence-corrected chi connectivity index (χ3v) is 5.25. The first-order valence-corrected chi connectivity index (χ1v) is 10.4. The number of carbonyl (C=O) groups is 1. The molecule has 4 N–H and O–H groups in total. The summed E-state index contributed by atoms with van der Waals surface area (Å²) in [5.41, 5.74) is 1.02. The van der Waals surface area contributed by atoms with Gasteiger partial charge in [0.2, 0.25) is 0 Å². The van der Waals surface area contributed by atoms with Gasteiger partial charge >= 0.3 is 0 Å². The highest BCUT2D eigenvalue weighted by Gasteiger charge is 2.22. The van der Waals surface area contributed by atoms with Crippen LogP contribution in [0.3, 0.4) is 0 Å². The summed E-state index contributed by atoms with van der Waals surface area (Å²) in [6, 6.07) is 3.82. The summed E-state index contributed by atoms with van der Waals surface area (Å²) in [5, 5.41) is 29.8. The van der Waals surface area contributed by atoms with E-state index in [1.807, 2.05) is 6.07 Å². The smallest absolute Gasteiger partial charge is 0.274 e. The maximum atomic E-state index is 12.8. The monoisotopic (exact) mass is 423 g/mol. The molecule has 1 aliphatic carbocycles. The molecule has 3 heterocycles. The number of carbonyl (C=O) groups excluding carboxylic acids is 1. The van der Waals surface area contributed by atoms with Crippen molar-refractivity contribution in [3.63, 3.8) is 0 Å². The molecule has 1 atom stereocenters. The highest BCUT2D eigenvalue weighted by molar-refractivity contribution is 5.98. The Labute approximate surface area is 180 Å². The zero-order valence-corrected chi connectivity index (χ0v) is 17.1. The molecule has 1 saturated heterocycles. The van der Waals surface area contributed by atoms with Gasteiger partial charge in [-0.25, -0.2) is 9.97 Å². The van der Waals surface area contributed by atoms with Crippen LogP contribution in [0.2, 0.25) is 0 Å². The number of amides is 1. The van der Waals surface area contributed by atoms with Gasteiger partial charge < -0.3 is 26.0 Å². The van der Waals surface area contributed by atoms with Crippen molar-refractivity contribution in [2.45, 2.75) is 37.8 Å². The third-order valence-electron chi connectivity index (χ3n) is 5.25. The molecule has 162 valence electrons. The maximum absolute atomic E-state index is 12.8. The number of nitrogens with zero attached hydrogens (tertiary/aromatic N) is 5. The standard InChI is InChI=1S/C20H25N9O2/c21-8-14-9-25-18(12-23-14)27-17-7-16(24-11-15-10-22-5-6-31-15)19(29-28-17)20(30)26-13-3-1-2-4-13/h7,9,12-13,15,22H,1-6,10-11H2,(H,26,30)(H2,24,25,27,28). The van der Waals surface area contributed by atoms with Gasteiger partial charge in [-0.2, -0.15) is 5.26 Å². The first-order valence-electron chi connectivity index (χ1n) is 10.4. The van der Waals surface area contributed by atoms with E-state index in [4.69, 9.17) is 10.00 Å². The van der Waals surface area contributed by atoms with Gasteiger partial charge in [-0.1, -0.05) is 12.8 Å². The van der Waals surface area contributed by atoms with E-state index in [0.29, 0.717) is 30.5 Å². The Hall–Kier alpha value is -3.36. The number of ether oxygens (including phenoxy) is 1. The van der Waals surface area contributed by atoms with E-state index in [1.54, 1.807) is 6.07 Å². The van der Waals surface area contributed by atoms with Crippen molar-refractivity contribution in [2.24, 2.45) is 0 Å². The van der Waals surface area contributed by atoms with Crippen LogP contribution in [0.15, 0.2) is 18.5 Å².